The van der Waals surface area contributed by atoms with Crippen molar-refractivity contribution in [1.82, 2.24) is 0 Å². The molecule has 0 aliphatic rings. The fourth-order valence-corrected chi connectivity index (χ4v) is 1.49. The Bertz CT molecular complexity index is 355. The Kier molecular flexibility index (Phi) is 4.05. The molecule has 0 radical (unpaired) electrons. The van der Waals surface area contributed by atoms with E-state index in [0.717, 1.165) is 12.0 Å². The van der Waals surface area contributed by atoms with Crippen molar-refractivity contribution < 1.29 is 13.9 Å². The molecule has 0 saturated heterocycles. The van der Waals surface area contributed by atoms with Crippen LogP contribution in [0.4, 0.5) is 4.39 Å². The van der Waals surface area contributed by atoms with Crippen LogP contribution in [0.2, 0.25) is 0 Å². The Morgan fingerprint density at radius 1 is 1.31 bits per heavy atom. The van der Waals surface area contributed by atoms with E-state index in [2.05, 4.69) is 0 Å². The lowest BCUT2D eigenvalue weighted by Crippen LogP contribution is -2.26. The molecule has 3 heteroatoms. The van der Waals surface area contributed by atoms with E-state index < -0.39 is 5.41 Å². The predicted octanol–water partition coefficient (Wildman–Crippen LogP) is 2.96. The summed E-state index contributed by atoms with van der Waals surface area (Å²) >= 11 is 0. The van der Waals surface area contributed by atoms with Crippen LogP contribution in [0.5, 0.6) is 0 Å². The molecule has 0 bridgehead atoms. The van der Waals surface area contributed by atoms with Crippen LogP contribution >= 0.6 is 0 Å². The smallest absolute Gasteiger partial charge is 0.311 e. The average Bonchev–Trinajstić information content (AvgIpc) is 2.27. The lowest BCUT2D eigenvalue weighted by atomic mass is 9.86. The van der Waals surface area contributed by atoms with Crippen molar-refractivity contribution in [1.29, 1.82) is 0 Å². The third kappa shape index (κ3) is 3.33. The predicted molar refractivity (Wildman–Crippen MR) is 60.5 cm³/mol. The zero-order chi connectivity index (χ0) is 12.2. The minimum atomic E-state index is -0.497. The van der Waals surface area contributed by atoms with Crippen LogP contribution in [0.1, 0.15) is 25.8 Å². The van der Waals surface area contributed by atoms with Gasteiger partial charge in [-0.3, -0.25) is 4.79 Å². The molecule has 0 unspecified atom stereocenters. The van der Waals surface area contributed by atoms with Gasteiger partial charge in [0.2, 0.25) is 0 Å². The van der Waals surface area contributed by atoms with Crippen LogP contribution in [0.15, 0.2) is 24.3 Å². The fourth-order valence-electron chi connectivity index (χ4n) is 1.49. The summed E-state index contributed by atoms with van der Waals surface area (Å²) in [5, 5.41) is 0. The zero-order valence-corrected chi connectivity index (χ0v) is 9.92. The van der Waals surface area contributed by atoms with Crippen molar-refractivity contribution in [2.24, 2.45) is 5.41 Å². The van der Waals surface area contributed by atoms with E-state index in [4.69, 9.17) is 4.74 Å². The maximum absolute atomic E-state index is 12.7. The molecule has 0 fully saturated rings. The van der Waals surface area contributed by atoms with Crippen molar-refractivity contribution in [3.8, 4) is 0 Å². The van der Waals surface area contributed by atoms with Crippen molar-refractivity contribution in [2.45, 2.75) is 26.7 Å². The molecule has 0 spiro atoms. The van der Waals surface area contributed by atoms with Crippen molar-refractivity contribution >= 4 is 5.97 Å². The summed E-state index contributed by atoms with van der Waals surface area (Å²) in [7, 11) is 1.39. The number of rotatable bonds is 4. The molecule has 1 aromatic rings. The first kappa shape index (κ1) is 12.7. The lowest BCUT2D eigenvalue weighted by Gasteiger charge is -2.21. The lowest BCUT2D eigenvalue weighted by molar-refractivity contribution is -0.151. The number of carbonyl (C=O) groups excluding carboxylic acids is 1. The quantitative estimate of drug-likeness (QED) is 0.735. The number of hydrogen-bond donors (Lipinski definition) is 0. The standard InChI is InChI=1S/C13H17FO2/c1-13(2,12(15)16-3)9-8-10-4-6-11(14)7-5-10/h4-7H,8-9H2,1-3H3. The second-order valence-electron chi connectivity index (χ2n) is 4.50. The number of esters is 1. The summed E-state index contributed by atoms with van der Waals surface area (Å²) in [5.74, 6) is -0.453. The molecule has 2 nitrogen and oxygen atoms in total. The number of aryl methyl sites for hydroxylation is 1. The molecule has 0 saturated carbocycles. The summed E-state index contributed by atoms with van der Waals surface area (Å²) in [6.07, 6.45) is 1.42. The first-order chi connectivity index (χ1) is 7.45. The molecule has 0 aromatic heterocycles. The van der Waals surface area contributed by atoms with Crippen LogP contribution in [0.3, 0.4) is 0 Å². The third-order valence-corrected chi connectivity index (χ3v) is 2.69. The van der Waals surface area contributed by atoms with Gasteiger partial charge in [-0.1, -0.05) is 12.1 Å². The third-order valence-electron chi connectivity index (χ3n) is 2.69. The first-order valence-corrected chi connectivity index (χ1v) is 5.28. The van der Waals surface area contributed by atoms with Gasteiger partial charge in [0, 0.05) is 0 Å². The fraction of sp³-hybridized carbons (Fsp3) is 0.462. The molecule has 0 N–H and O–H groups in total. The topological polar surface area (TPSA) is 26.3 Å². The largest absolute Gasteiger partial charge is 0.469 e. The second kappa shape index (κ2) is 5.10. The van der Waals surface area contributed by atoms with E-state index in [1.165, 1.54) is 19.2 Å². The van der Waals surface area contributed by atoms with Crippen LogP contribution in [0, 0.1) is 11.2 Å². The van der Waals surface area contributed by atoms with Crippen LogP contribution < -0.4 is 0 Å². The summed E-state index contributed by atoms with van der Waals surface area (Å²) < 4.78 is 17.4. The van der Waals surface area contributed by atoms with E-state index in [9.17, 15) is 9.18 Å². The van der Waals surface area contributed by atoms with Gasteiger partial charge in [0.15, 0.2) is 0 Å². The molecule has 0 aliphatic carbocycles. The van der Waals surface area contributed by atoms with Crippen molar-refractivity contribution in [2.75, 3.05) is 7.11 Å². The van der Waals surface area contributed by atoms with Gasteiger partial charge in [-0.15, -0.1) is 0 Å². The summed E-state index contributed by atoms with van der Waals surface area (Å²) in [6.45, 7) is 3.70. The molecule has 0 amide bonds. The maximum Gasteiger partial charge on any atom is 0.311 e. The van der Waals surface area contributed by atoms with Gasteiger partial charge < -0.3 is 4.74 Å². The number of hydrogen-bond acceptors (Lipinski definition) is 2. The average molecular weight is 224 g/mol. The van der Waals surface area contributed by atoms with E-state index in [-0.39, 0.29) is 11.8 Å². The van der Waals surface area contributed by atoms with E-state index in [1.54, 1.807) is 12.1 Å². The monoisotopic (exact) mass is 224 g/mol. The van der Waals surface area contributed by atoms with Crippen LogP contribution in [0.25, 0.3) is 0 Å². The molecule has 0 atom stereocenters. The van der Waals surface area contributed by atoms with E-state index in [1.807, 2.05) is 13.8 Å². The Morgan fingerprint density at radius 2 is 1.88 bits per heavy atom. The number of benzene rings is 1. The van der Waals surface area contributed by atoms with Crippen molar-refractivity contribution in [3.05, 3.63) is 35.6 Å². The number of halogens is 1. The van der Waals surface area contributed by atoms with Crippen LogP contribution in [-0.2, 0) is 16.0 Å². The summed E-state index contributed by atoms with van der Waals surface area (Å²) in [6, 6.07) is 6.34. The highest BCUT2D eigenvalue weighted by atomic mass is 19.1. The Morgan fingerprint density at radius 3 is 2.38 bits per heavy atom. The highest BCUT2D eigenvalue weighted by Gasteiger charge is 2.27. The number of ether oxygens (including phenoxy) is 1. The Balaban J connectivity index is 2.57. The number of methoxy groups -OCH3 is 1. The minimum absolute atomic E-state index is 0.213. The SMILES string of the molecule is COC(=O)C(C)(C)CCc1ccc(F)cc1. The molecular formula is C13H17FO2. The van der Waals surface area contributed by atoms with Gasteiger partial charge in [0.25, 0.3) is 0 Å². The van der Waals surface area contributed by atoms with E-state index in [0.29, 0.717) is 6.42 Å². The molecule has 0 heterocycles. The van der Waals surface area contributed by atoms with Gasteiger partial charge in [0.05, 0.1) is 12.5 Å². The molecule has 1 aromatic carbocycles. The van der Waals surface area contributed by atoms with Gasteiger partial charge in [0.1, 0.15) is 5.82 Å². The minimum Gasteiger partial charge on any atom is -0.469 e. The molecule has 0 aliphatic heterocycles. The van der Waals surface area contributed by atoms with Gasteiger partial charge in [-0.2, -0.15) is 0 Å². The highest BCUT2D eigenvalue weighted by molar-refractivity contribution is 5.75. The van der Waals surface area contributed by atoms with Crippen molar-refractivity contribution in [3.63, 3.8) is 0 Å². The summed E-state index contributed by atoms with van der Waals surface area (Å²) in [4.78, 5) is 11.4. The Hall–Kier alpha value is -1.38. The van der Waals surface area contributed by atoms with Gasteiger partial charge >= 0.3 is 5.97 Å². The molecule has 16 heavy (non-hydrogen) atoms. The molecule has 88 valence electrons. The highest BCUT2D eigenvalue weighted by Crippen LogP contribution is 2.24. The molecular weight excluding hydrogens is 207 g/mol. The van der Waals surface area contributed by atoms with Gasteiger partial charge in [-0.25, -0.2) is 4.39 Å². The summed E-state index contributed by atoms with van der Waals surface area (Å²) in [5.41, 5.74) is 0.529. The molecule has 1 rings (SSSR count). The van der Waals surface area contributed by atoms with E-state index >= 15 is 0 Å². The second-order valence-corrected chi connectivity index (χ2v) is 4.50. The van der Waals surface area contributed by atoms with Gasteiger partial charge in [-0.05, 0) is 44.4 Å². The first-order valence-electron chi connectivity index (χ1n) is 5.28. The number of carbonyl (C=O) groups is 1. The maximum atomic E-state index is 12.7. The normalized spacial score (nSPS) is 11.2. The Labute approximate surface area is 95.4 Å². The van der Waals surface area contributed by atoms with Crippen LogP contribution in [-0.4, -0.2) is 13.1 Å². The zero-order valence-electron chi connectivity index (χ0n) is 9.92.